The van der Waals surface area contributed by atoms with Gasteiger partial charge in [-0.3, -0.25) is 4.79 Å². The fourth-order valence-electron chi connectivity index (χ4n) is 0.111. The maximum absolute atomic E-state index is 9.82. The molecule has 0 aliphatic rings. The minimum absolute atomic E-state index is 0. The molecule has 0 amide bonds. The molecule has 0 atom stereocenters. The third-order valence-electron chi connectivity index (χ3n) is 0.328. The van der Waals surface area contributed by atoms with Crippen LogP contribution in [0.5, 0.6) is 0 Å². The minimum atomic E-state index is -0.0718. The summed E-state index contributed by atoms with van der Waals surface area (Å²) in [6.07, 6.45) is 0.0417. The third kappa shape index (κ3) is 10.7. The van der Waals surface area contributed by atoms with Crippen molar-refractivity contribution in [1.29, 1.82) is 5.26 Å². The highest BCUT2D eigenvalue weighted by molar-refractivity contribution is 5.77. The third-order valence-corrected chi connectivity index (χ3v) is 0.328. The van der Waals surface area contributed by atoms with E-state index in [2.05, 4.69) is 0 Å². The summed E-state index contributed by atoms with van der Waals surface area (Å²) in [6, 6.07) is 1.72. The minimum Gasteiger partial charge on any atom is -0.299 e. The molecule has 0 aliphatic carbocycles. The molecule has 0 aromatic rings. The molecular formula is C4H5AlNO. The maximum Gasteiger partial charge on any atom is 0.143 e. The molecule has 0 rings (SSSR count). The molecule has 7 heavy (non-hydrogen) atoms. The number of rotatable bonds is 1. The van der Waals surface area contributed by atoms with Crippen LogP contribution in [-0.4, -0.2) is 23.1 Å². The lowest BCUT2D eigenvalue weighted by atomic mass is 10.3. The molecule has 0 heterocycles. The molecule has 3 radical (unpaired) electrons. The smallest absolute Gasteiger partial charge is 0.143 e. The fraction of sp³-hybridized carbons (Fsp3) is 0.500. The number of nitrogens with zero attached hydrogens (tertiary/aromatic N) is 1. The Morgan fingerprint density at radius 3 is 2.29 bits per heavy atom. The van der Waals surface area contributed by atoms with E-state index in [0.717, 1.165) is 0 Å². The fourth-order valence-corrected chi connectivity index (χ4v) is 0.111. The molecule has 0 spiro atoms. The first-order valence-corrected chi connectivity index (χ1v) is 1.63. The zero-order valence-electron chi connectivity index (χ0n) is 4.14. The first-order valence-electron chi connectivity index (χ1n) is 1.63. The Balaban J connectivity index is 0. The number of nitriles is 1. The quantitative estimate of drug-likeness (QED) is 0.449. The van der Waals surface area contributed by atoms with Gasteiger partial charge in [0.15, 0.2) is 0 Å². The normalized spacial score (nSPS) is 5.71. The van der Waals surface area contributed by atoms with Crippen LogP contribution in [0.15, 0.2) is 0 Å². The molecule has 0 unspecified atom stereocenters. The van der Waals surface area contributed by atoms with Crippen LogP contribution in [0.1, 0.15) is 13.3 Å². The van der Waals surface area contributed by atoms with Crippen LogP contribution >= 0.6 is 0 Å². The molecule has 0 fully saturated rings. The Kier molecular flexibility index (Phi) is 8.01. The van der Waals surface area contributed by atoms with Gasteiger partial charge in [0.2, 0.25) is 0 Å². The van der Waals surface area contributed by atoms with Crippen LogP contribution in [0.25, 0.3) is 0 Å². The predicted octanol–water partition coefficient (Wildman–Crippen LogP) is 0.108. The number of hydrogen-bond acceptors (Lipinski definition) is 2. The molecule has 0 aliphatic heterocycles. The number of carbonyl (C=O) groups is 1. The topological polar surface area (TPSA) is 40.9 Å². The lowest BCUT2D eigenvalue weighted by Crippen LogP contribution is -1.82. The number of hydrogen-bond donors (Lipinski definition) is 0. The molecule has 2 nitrogen and oxygen atoms in total. The van der Waals surface area contributed by atoms with Crippen molar-refractivity contribution in [2.75, 3.05) is 0 Å². The van der Waals surface area contributed by atoms with Crippen molar-refractivity contribution in [3.8, 4) is 6.07 Å². The molecule has 0 saturated heterocycles. The van der Waals surface area contributed by atoms with E-state index in [4.69, 9.17) is 5.26 Å². The summed E-state index contributed by atoms with van der Waals surface area (Å²) in [5, 5.41) is 7.77. The van der Waals surface area contributed by atoms with Crippen molar-refractivity contribution < 1.29 is 4.79 Å². The van der Waals surface area contributed by atoms with Gasteiger partial charge < -0.3 is 0 Å². The molecule has 0 bridgehead atoms. The summed E-state index contributed by atoms with van der Waals surface area (Å²) < 4.78 is 0. The van der Waals surface area contributed by atoms with Gasteiger partial charge in [-0.1, -0.05) is 0 Å². The van der Waals surface area contributed by atoms with Crippen LogP contribution in [0.2, 0.25) is 0 Å². The van der Waals surface area contributed by atoms with Crippen molar-refractivity contribution in [2.24, 2.45) is 0 Å². The standard InChI is InChI=1S/C4H5NO.Al/c1-4(6)2-3-5;/h2H2,1H3;. The largest absolute Gasteiger partial charge is 0.299 e. The first-order chi connectivity index (χ1) is 2.77. The van der Waals surface area contributed by atoms with Gasteiger partial charge in [0, 0.05) is 17.4 Å². The zero-order valence-corrected chi connectivity index (χ0v) is 5.29. The molecule has 0 N–H and O–H groups in total. The van der Waals surface area contributed by atoms with Gasteiger partial charge in [-0.15, -0.1) is 0 Å². The van der Waals surface area contributed by atoms with Gasteiger partial charge in [-0.2, -0.15) is 5.26 Å². The second-order valence-electron chi connectivity index (χ2n) is 1.04. The summed E-state index contributed by atoms with van der Waals surface area (Å²) >= 11 is 0. The molecular weight excluding hydrogens is 105 g/mol. The summed E-state index contributed by atoms with van der Waals surface area (Å²) in [7, 11) is 0. The van der Waals surface area contributed by atoms with Gasteiger partial charge >= 0.3 is 0 Å². The van der Waals surface area contributed by atoms with E-state index in [0.29, 0.717) is 0 Å². The molecule has 0 saturated carbocycles. The summed E-state index contributed by atoms with van der Waals surface area (Å²) in [5.74, 6) is -0.0718. The monoisotopic (exact) mass is 110 g/mol. The van der Waals surface area contributed by atoms with E-state index < -0.39 is 0 Å². The number of carbonyl (C=O) groups excluding carboxylic acids is 1. The van der Waals surface area contributed by atoms with Gasteiger partial charge in [0.05, 0.1) is 12.5 Å². The Morgan fingerprint density at radius 1 is 1.86 bits per heavy atom. The van der Waals surface area contributed by atoms with E-state index in [1.165, 1.54) is 6.92 Å². The van der Waals surface area contributed by atoms with Crippen molar-refractivity contribution >= 4 is 23.1 Å². The Hall–Kier alpha value is -0.308. The van der Waals surface area contributed by atoms with E-state index in [1.54, 1.807) is 6.07 Å². The molecule has 0 aromatic carbocycles. The highest BCUT2D eigenvalue weighted by Gasteiger charge is 1.83. The first kappa shape index (κ1) is 9.85. The van der Waals surface area contributed by atoms with Crippen molar-refractivity contribution in [1.82, 2.24) is 0 Å². The average molecular weight is 110 g/mol. The van der Waals surface area contributed by atoms with E-state index in [1.807, 2.05) is 0 Å². The van der Waals surface area contributed by atoms with Gasteiger partial charge in [0.1, 0.15) is 5.78 Å². The summed E-state index contributed by atoms with van der Waals surface area (Å²) in [4.78, 5) is 9.82. The van der Waals surface area contributed by atoms with E-state index in [9.17, 15) is 4.79 Å². The van der Waals surface area contributed by atoms with Gasteiger partial charge in [-0.05, 0) is 6.92 Å². The zero-order chi connectivity index (χ0) is 4.99. The Labute approximate surface area is 53.3 Å². The summed E-state index contributed by atoms with van der Waals surface area (Å²) in [6.45, 7) is 1.39. The van der Waals surface area contributed by atoms with Crippen molar-refractivity contribution in [3.63, 3.8) is 0 Å². The van der Waals surface area contributed by atoms with Gasteiger partial charge in [0.25, 0.3) is 0 Å². The van der Waals surface area contributed by atoms with Crippen molar-refractivity contribution in [3.05, 3.63) is 0 Å². The highest BCUT2D eigenvalue weighted by atomic mass is 27.0. The molecule has 3 heteroatoms. The van der Waals surface area contributed by atoms with Crippen LogP contribution in [-0.2, 0) is 4.79 Å². The summed E-state index contributed by atoms with van der Waals surface area (Å²) in [5.41, 5.74) is 0. The number of Topliss-reactive ketones (excluding diaryl/α,β-unsaturated/α-hetero) is 1. The molecule has 35 valence electrons. The maximum atomic E-state index is 9.82. The van der Waals surface area contributed by atoms with Gasteiger partial charge in [-0.25, -0.2) is 0 Å². The average Bonchev–Trinajstić information content (AvgIpc) is 1.35. The van der Waals surface area contributed by atoms with E-state index in [-0.39, 0.29) is 29.6 Å². The molecule has 0 aromatic heterocycles. The lowest BCUT2D eigenvalue weighted by Gasteiger charge is -1.69. The van der Waals surface area contributed by atoms with Crippen LogP contribution < -0.4 is 0 Å². The SMILES string of the molecule is CC(=O)CC#N.[Al]. The Morgan fingerprint density at radius 2 is 2.29 bits per heavy atom. The number of ketones is 1. The lowest BCUT2D eigenvalue weighted by molar-refractivity contribution is -0.116. The Bertz CT molecular complexity index is 94.4. The second-order valence-corrected chi connectivity index (χ2v) is 1.04. The van der Waals surface area contributed by atoms with Crippen LogP contribution in [0, 0.1) is 11.3 Å². The van der Waals surface area contributed by atoms with E-state index >= 15 is 0 Å². The highest BCUT2D eigenvalue weighted by Crippen LogP contribution is 1.72. The van der Waals surface area contributed by atoms with Crippen LogP contribution in [0.4, 0.5) is 0 Å². The second kappa shape index (κ2) is 5.69. The van der Waals surface area contributed by atoms with Crippen molar-refractivity contribution in [2.45, 2.75) is 13.3 Å². The predicted molar refractivity (Wildman–Crippen MR) is 26.7 cm³/mol. The van der Waals surface area contributed by atoms with Crippen LogP contribution in [0.3, 0.4) is 0 Å².